The zero-order valence-electron chi connectivity index (χ0n) is 11.3. The van der Waals surface area contributed by atoms with Crippen LogP contribution in [0.25, 0.3) is 0 Å². The average molecular weight is 276 g/mol. The van der Waals surface area contributed by atoms with Crippen LogP contribution in [0, 0.1) is 0 Å². The van der Waals surface area contributed by atoms with Gasteiger partial charge in [0.15, 0.2) is 0 Å². The van der Waals surface area contributed by atoms with Gasteiger partial charge in [-0.3, -0.25) is 4.79 Å². The van der Waals surface area contributed by atoms with Crippen molar-refractivity contribution in [2.24, 2.45) is 0 Å². The second-order valence-corrected chi connectivity index (χ2v) is 7.27. The highest BCUT2D eigenvalue weighted by atomic mass is 32.2. The quantitative estimate of drug-likeness (QED) is 0.763. The van der Waals surface area contributed by atoms with Crippen LogP contribution in [0.15, 0.2) is 0 Å². The SMILES string of the molecule is CNCCC1CCCCN1C(=O)CCS(C)(=O)=O. The summed E-state index contributed by atoms with van der Waals surface area (Å²) in [7, 11) is -1.15. The highest BCUT2D eigenvalue weighted by Gasteiger charge is 2.26. The first-order valence-electron chi connectivity index (χ1n) is 6.56. The molecule has 0 saturated carbocycles. The van der Waals surface area contributed by atoms with E-state index in [-0.39, 0.29) is 24.1 Å². The molecule has 1 N–H and O–H groups in total. The lowest BCUT2D eigenvalue weighted by Crippen LogP contribution is -2.45. The Balaban J connectivity index is 2.51. The highest BCUT2D eigenvalue weighted by molar-refractivity contribution is 7.90. The maximum absolute atomic E-state index is 12.1. The first-order valence-corrected chi connectivity index (χ1v) is 8.62. The van der Waals surface area contributed by atoms with Gasteiger partial charge in [-0.05, 0) is 39.3 Å². The summed E-state index contributed by atoms with van der Waals surface area (Å²) in [5.74, 6) is -0.0533. The maximum Gasteiger partial charge on any atom is 0.223 e. The third kappa shape index (κ3) is 5.35. The number of nitrogens with zero attached hydrogens (tertiary/aromatic N) is 1. The molecule has 1 fully saturated rings. The van der Waals surface area contributed by atoms with Crippen LogP contribution in [-0.4, -0.2) is 57.4 Å². The van der Waals surface area contributed by atoms with Crippen LogP contribution in [0.2, 0.25) is 0 Å². The summed E-state index contributed by atoms with van der Waals surface area (Å²) in [5, 5.41) is 3.10. The van der Waals surface area contributed by atoms with E-state index in [0.717, 1.165) is 38.8 Å². The number of piperidine rings is 1. The minimum atomic E-state index is -3.05. The van der Waals surface area contributed by atoms with Crippen LogP contribution < -0.4 is 5.32 Å². The highest BCUT2D eigenvalue weighted by Crippen LogP contribution is 2.20. The Hall–Kier alpha value is -0.620. The van der Waals surface area contributed by atoms with Crippen molar-refractivity contribution in [1.29, 1.82) is 0 Å². The van der Waals surface area contributed by atoms with Gasteiger partial charge in [-0.1, -0.05) is 0 Å². The number of amides is 1. The molecule has 1 aliphatic rings. The molecule has 1 rings (SSSR count). The van der Waals surface area contributed by atoms with Crippen molar-refractivity contribution in [1.82, 2.24) is 10.2 Å². The van der Waals surface area contributed by atoms with Crippen molar-refractivity contribution < 1.29 is 13.2 Å². The Morgan fingerprint density at radius 1 is 1.39 bits per heavy atom. The van der Waals surface area contributed by atoms with E-state index in [4.69, 9.17) is 0 Å². The van der Waals surface area contributed by atoms with Crippen molar-refractivity contribution in [2.45, 2.75) is 38.1 Å². The van der Waals surface area contributed by atoms with Crippen LogP contribution in [-0.2, 0) is 14.6 Å². The summed E-state index contributed by atoms with van der Waals surface area (Å²) in [6.07, 6.45) is 5.46. The van der Waals surface area contributed by atoms with Gasteiger partial charge in [0.1, 0.15) is 9.84 Å². The zero-order valence-corrected chi connectivity index (χ0v) is 12.1. The van der Waals surface area contributed by atoms with E-state index in [9.17, 15) is 13.2 Å². The molecule has 18 heavy (non-hydrogen) atoms. The van der Waals surface area contributed by atoms with Crippen molar-refractivity contribution >= 4 is 15.7 Å². The molecule has 0 aromatic rings. The van der Waals surface area contributed by atoms with E-state index in [2.05, 4.69) is 5.32 Å². The molecule has 6 heteroatoms. The molecule has 0 aromatic carbocycles. The van der Waals surface area contributed by atoms with Gasteiger partial charge in [-0.2, -0.15) is 0 Å². The Morgan fingerprint density at radius 2 is 2.11 bits per heavy atom. The van der Waals surface area contributed by atoms with Crippen LogP contribution in [0.3, 0.4) is 0 Å². The molecule has 106 valence electrons. The van der Waals surface area contributed by atoms with Crippen molar-refractivity contribution in [3.63, 3.8) is 0 Å². The first-order chi connectivity index (χ1) is 8.44. The number of carbonyl (C=O) groups excluding carboxylic acids is 1. The lowest BCUT2D eigenvalue weighted by Gasteiger charge is -2.36. The fraction of sp³-hybridized carbons (Fsp3) is 0.917. The maximum atomic E-state index is 12.1. The number of hydrogen-bond donors (Lipinski definition) is 1. The van der Waals surface area contributed by atoms with Crippen LogP contribution in [0.4, 0.5) is 0 Å². The molecule has 1 amide bonds. The second-order valence-electron chi connectivity index (χ2n) is 5.01. The van der Waals surface area contributed by atoms with Gasteiger partial charge in [0, 0.05) is 25.3 Å². The topological polar surface area (TPSA) is 66.5 Å². The third-order valence-electron chi connectivity index (χ3n) is 3.36. The molecule has 0 bridgehead atoms. The fourth-order valence-electron chi connectivity index (χ4n) is 2.36. The number of carbonyl (C=O) groups is 1. The van der Waals surface area contributed by atoms with Gasteiger partial charge in [-0.25, -0.2) is 8.42 Å². The average Bonchev–Trinajstić information content (AvgIpc) is 2.33. The molecule has 0 radical (unpaired) electrons. The van der Waals surface area contributed by atoms with Gasteiger partial charge in [0.25, 0.3) is 0 Å². The predicted octanol–water partition coefficient (Wildman–Crippen LogP) is 0.412. The van der Waals surface area contributed by atoms with Crippen LogP contribution >= 0.6 is 0 Å². The fourth-order valence-corrected chi connectivity index (χ4v) is 2.90. The van der Waals surface area contributed by atoms with Gasteiger partial charge in [0.05, 0.1) is 5.75 Å². The Bertz CT molecular complexity index is 368. The molecule has 5 nitrogen and oxygen atoms in total. The number of sulfone groups is 1. The van der Waals surface area contributed by atoms with E-state index in [1.165, 1.54) is 6.26 Å². The Kier molecular flexibility index (Phi) is 6.08. The number of likely N-dealkylation sites (tertiary alicyclic amines) is 1. The Labute approximate surface area is 110 Å². The lowest BCUT2D eigenvalue weighted by molar-refractivity contribution is -0.134. The molecule has 1 saturated heterocycles. The molecular weight excluding hydrogens is 252 g/mol. The molecular formula is C12H24N2O3S. The smallest absolute Gasteiger partial charge is 0.223 e. The first kappa shape index (κ1) is 15.4. The molecule has 1 atom stereocenters. The minimum absolute atomic E-state index is 0.0128. The van der Waals surface area contributed by atoms with Crippen LogP contribution in [0.1, 0.15) is 32.1 Å². The van der Waals surface area contributed by atoms with Gasteiger partial charge in [-0.15, -0.1) is 0 Å². The molecule has 0 aliphatic carbocycles. The van der Waals surface area contributed by atoms with E-state index < -0.39 is 9.84 Å². The number of rotatable bonds is 6. The summed E-state index contributed by atoms with van der Waals surface area (Å²) in [6.45, 7) is 1.66. The third-order valence-corrected chi connectivity index (χ3v) is 4.31. The van der Waals surface area contributed by atoms with E-state index in [1.54, 1.807) is 0 Å². The summed E-state index contributed by atoms with van der Waals surface area (Å²) in [5.41, 5.74) is 0. The van der Waals surface area contributed by atoms with Crippen molar-refractivity contribution in [2.75, 3.05) is 32.1 Å². The van der Waals surface area contributed by atoms with E-state index in [0.29, 0.717) is 0 Å². The molecule has 1 heterocycles. The molecule has 0 aromatic heterocycles. The minimum Gasteiger partial charge on any atom is -0.340 e. The monoisotopic (exact) mass is 276 g/mol. The summed E-state index contributed by atoms with van der Waals surface area (Å²) >= 11 is 0. The molecule has 1 unspecified atom stereocenters. The Morgan fingerprint density at radius 3 is 2.72 bits per heavy atom. The van der Waals surface area contributed by atoms with E-state index in [1.807, 2.05) is 11.9 Å². The summed E-state index contributed by atoms with van der Waals surface area (Å²) < 4.78 is 22.2. The standard InChI is InChI=1S/C12H24N2O3S/c1-13-8-6-11-5-3-4-9-14(11)12(15)7-10-18(2,16)17/h11,13H,3-10H2,1-2H3. The van der Waals surface area contributed by atoms with Gasteiger partial charge >= 0.3 is 0 Å². The predicted molar refractivity (Wildman–Crippen MR) is 72.2 cm³/mol. The normalized spacial score (nSPS) is 21.0. The van der Waals surface area contributed by atoms with Crippen molar-refractivity contribution in [3.05, 3.63) is 0 Å². The molecule has 0 spiro atoms. The van der Waals surface area contributed by atoms with E-state index >= 15 is 0 Å². The summed E-state index contributed by atoms with van der Waals surface area (Å²) in [4.78, 5) is 13.9. The van der Waals surface area contributed by atoms with Gasteiger partial charge in [0.2, 0.25) is 5.91 Å². The second kappa shape index (κ2) is 7.09. The largest absolute Gasteiger partial charge is 0.340 e. The zero-order chi connectivity index (χ0) is 13.6. The van der Waals surface area contributed by atoms with Gasteiger partial charge < -0.3 is 10.2 Å². The van der Waals surface area contributed by atoms with Crippen LogP contribution in [0.5, 0.6) is 0 Å². The van der Waals surface area contributed by atoms with Crippen molar-refractivity contribution in [3.8, 4) is 0 Å². The number of hydrogen-bond acceptors (Lipinski definition) is 4. The lowest BCUT2D eigenvalue weighted by atomic mass is 9.99. The number of nitrogens with one attached hydrogen (secondary N) is 1. The molecule has 1 aliphatic heterocycles. The summed E-state index contributed by atoms with van der Waals surface area (Å²) in [6, 6.07) is 0.276.